The molecule has 25 heavy (non-hydrogen) atoms. The summed E-state index contributed by atoms with van der Waals surface area (Å²) >= 11 is 0. The largest absolute Gasteiger partial charge is 0.468 e. The molecule has 0 unspecified atom stereocenters. The Morgan fingerprint density at radius 2 is 1.68 bits per heavy atom. The Labute approximate surface area is 149 Å². The van der Waals surface area contributed by atoms with Crippen molar-refractivity contribution < 1.29 is 14.3 Å². The number of urea groups is 1. The number of methoxy groups -OCH3 is 1. The zero-order valence-electron chi connectivity index (χ0n) is 15.3. The molecule has 0 aromatic heterocycles. The van der Waals surface area contributed by atoms with Gasteiger partial charge in [0.05, 0.1) is 13.7 Å². The van der Waals surface area contributed by atoms with Crippen LogP contribution in [0.4, 0.5) is 16.2 Å². The molecule has 1 aliphatic heterocycles. The molecule has 0 radical (unpaired) electrons. The minimum atomic E-state index is -0.193. The quantitative estimate of drug-likeness (QED) is 0.795. The van der Waals surface area contributed by atoms with Gasteiger partial charge in [-0.1, -0.05) is 0 Å². The average molecular weight is 348 g/mol. The molecule has 138 valence electrons. The normalized spacial score (nSPS) is 14.9. The van der Waals surface area contributed by atoms with Crippen molar-refractivity contribution in [2.24, 2.45) is 0 Å². The number of ether oxygens (including phenoxy) is 1. The summed E-state index contributed by atoms with van der Waals surface area (Å²) in [6.45, 7) is 9.04. The van der Waals surface area contributed by atoms with Crippen LogP contribution in [0, 0.1) is 0 Å². The number of esters is 1. The number of nitrogens with one attached hydrogen (secondary N) is 1. The van der Waals surface area contributed by atoms with Crippen LogP contribution in [0.2, 0.25) is 0 Å². The smallest absolute Gasteiger partial charge is 0.321 e. The number of amides is 2. The van der Waals surface area contributed by atoms with Crippen LogP contribution in [0.1, 0.15) is 13.8 Å². The average Bonchev–Trinajstić information content (AvgIpc) is 2.64. The molecule has 1 aliphatic rings. The fourth-order valence-corrected chi connectivity index (χ4v) is 2.88. The lowest BCUT2D eigenvalue weighted by atomic mass is 10.2. The highest BCUT2D eigenvalue weighted by Gasteiger charge is 2.19. The van der Waals surface area contributed by atoms with Crippen LogP contribution in [0.5, 0.6) is 0 Å². The molecule has 0 atom stereocenters. The monoisotopic (exact) mass is 348 g/mol. The third kappa shape index (κ3) is 5.35. The van der Waals surface area contributed by atoms with E-state index in [-0.39, 0.29) is 12.0 Å². The van der Waals surface area contributed by atoms with Crippen molar-refractivity contribution in [3.05, 3.63) is 24.3 Å². The molecule has 1 fully saturated rings. The summed E-state index contributed by atoms with van der Waals surface area (Å²) in [7, 11) is 1.42. The summed E-state index contributed by atoms with van der Waals surface area (Å²) in [6.07, 6.45) is 0. The van der Waals surface area contributed by atoms with E-state index in [1.807, 2.05) is 38.1 Å². The lowest BCUT2D eigenvalue weighted by Crippen LogP contribution is -2.48. The van der Waals surface area contributed by atoms with Crippen molar-refractivity contribution >= 4 is 23.4 Å². The Balaban J connectivity index is 1.86. The zero-order chi connectivity index (χ0) is 18.2. The topological polar surface area (TPSA) is 65.1 Å². The molecule has 0 aliphatic carbocycles. The first-order valence-corrected chi connectivity index (χ1v) is 8.77. The van der Waals surface area contributed by atoms with E-state index in [9.17, 15) is 9.59 Å². The molecule has 1 heterocycles. The zero-order valence-corrected chi connectivity index (χ0v) is 15.3. The number of piperazine rings is 1. The van der Waals surface area contributed by atoms with Gasteiger partial charge in [0.15, 0.2) is 0 Å². The summed E-state index contributed by atoms with van der Waals surface area (Å²) in [5.74, 6) is -0.193. The van der Waals surface area contributed by atoms with Crippen LogP contribution < -0.4 is 10.2 Å². The van der Waals surface area contributed by atoms with E-state index in [2.05, 4.69) is 15.1 Å². The molecule has 2 amide bonds. The summed E-state index contributed by atoms with van der Waals surface area (Å²) in [5, 5.41) is 2.92. The molecule has 0 bridgehead atoms. The highest BCUT2D eigenvalue weighted by atomic mass is 16.5. The standard InChI is InChI=1S/C18H28N4O3/c1-4-21(5-2)18(24)19-15-6-8-16(9-7-15)22-12-10-20(11-13-22)14-17(23)25-3/h6-9H,4-5,10-14H2,1-3H3,(H,19,24). The molecule has 0 spiro atoms. The molecule has 7 heteroatoms. The fourth-order valence-electron chi connectivity index (χ4n) is 2.88. The van der Waals surface area contributed by atoms with E-state index < -0.39 is 0 Å². The summed E-state index contributed by atoms with van der Waals surface area (Å²) in [5.41, 5.74) is 1.92. The Kier molecular flexibility index (Phi) is 7.06. The number of carbonyl (C=O) groups is 2. The molecule has 1 aromatic carbocycles. The summed E-state index contributed by atoms with van der Waals surface area (Å²) < 4.78 is 4.71. The minimum Gasteiger partial charge on any atom is -0.468 e. The lowest BCUT2D eigenvalue weighted by Gasteiger charge is -2.35. The molecular weight excluding hydrogens is 320 g/mol. The lowest BCUT2D eigenvalue weighted by molar-refractivity contribution is -0.142. The van der Waals surface area contributed by atoms with Gasteiger partial charge in [-0.25, -0.2) is 4.79 Å². The molecule has 1 saturated heterocycles. The maximum Gasteiger partial charge on any atom is 0.321 e. The summed E-state index contributed by atoms with van der Waals surface area (Å²) in [6, 6.07) is 7.82. The van der Waals surface area contributed by atoms with Crippen LogP contribution in [0.25, 0.3) is 0 Å². The minimum absolute atomic E-state index is 0.0748. The Hall–Kier alpha value is -2.28. The van der Waals surface area contributed by atoms with E-state index >= 15 is 0 Å². The van der Waals surface area contributed by atoms with Gasteiger partial charge < -0.3 is 19.9 Å². The molecule has 1 N–H and O–H groups in total. The van der Waals surface area contributed by atoms with E-state index in [1.54, 1.807) is 4.90 Å². The molecule has 0 saturated carbocycles. The Morgan fingerprint density at radius 1 is 1.08 bits per heavy atom. The van der Waals surface area contributed by atoms with Crippen LogP contribution in [-0.4, -0.2) is 74.7 Å². The van der Waals surface area contributed by atoms with E-state index in [0.717, 1.165) is 37.6 Å². The number of rotatable bonds is 6. The number of carbonyl (C=O) groups excluding carboxylic acids is 2. The number of hydrogen-bond acceptors (Lipinski definition) is 5. The Morgan fingerprint density at radius 3 is 2.20 bits per heavy atom. The fraction of sp³-hybridized carbons (Fsp3) is 0.556. The third-order valence-corrected chi connectivity index (χ3v) is 4.49. The molecule has 1 aromatic rings. The van der Waals surface area contributed by atoms with Gasteiger partial charge in [-0.2, -0.15) is 0 Å². The summed E-state index contributed by atoms with van der Waals surface area (Å²) in [4.78, 5) is 29.5. The second kappa shape index (κ2) is 9.27. The van der Waals surface area contributed by atoms with Gasteiger partial charge >= 0.3 is 12.0 Å². The first-order chi connectivity index (χ1) is 12.1. The second-order valence-electron chi connectivity index (χ2n) is 5.99. The number of anilines is 2. The maximum atomic E-state index is 12.1. The van der Waals surface area contributed by atoms with Crippen LogP contribution in [0.3, 0.4) is 0 Å². The second-order valence-corrected chi connectivity index (χ2v) is 5.99. The Bertz CT molecular complexity index is 564. The van der Waals surface area contributed by atoms with Gasteiger partial charge in [0.2, 0.25) is 0 Å². The first-order valence-electron chi connectivity index (χ1n) is 8.77. The van der Waals surface area contributed by atoms with Crippen molar-refractivity contribution in [2.75, 3.05) is 63.1 Å². The number of nitrogens with zero attached hydrogens (tertiary/aromatic N) is 3. The van der Waals surface area contributed by atoms with Crippen LogP contribution >= 0.6 is 0 Å². The van der Waals surface area contributed by atoms with Crippen LogP contribution in [-0.2, 0) is 9.53 Å². The van der Waals surface area contributed by atoms with Gasteiger partial charge in [0.1, 0.15) is 0 Å². The van der Waals surface area contributed by atoms with E-state index in [4.69, 9.17) is 4.74 Å². The van der Waals surface area contributed by atoms with Gasteiger partial charge in [0, 0.05) is 50.6 Å². The predicted octanol–water partition coefficient (Wildman–Crippen LogP) is 1.86. The SMILES string of the molecule is CCN(CC)C(=O)Nc1ccc(N2CCN(CC(=O)OC)CC2)cc1. The number of benzene rings is 1. The molecule has 2 rings (SSSR count). The highest BCUT2D eigenvalue weighted by Crippen LogP contribution is 2.19. The van der Waals surface area contributed by atoms with Crippen molar-refractivity contribution in [3.63, 3.8) is 0 Å². The highest BCUT2D eigenvalue weighted by molar-refractivity contribution is 5.89. The van der Waals surface area contributed by atoms with Crippen LogP contribution in [0.15, 0.2) is 24.3 Å². The van der Waals surface area contributed by atoms with Crippen molar-refractivity contribution in [3.8, 4) is 0 Å². The van der Waals surface area contributed by atoms with E-state index in [1.165, 1.54) is 7.11 Å². The van der Waals surface area contributed by atoms with E-state index in [0.29, 0.717) is 19.6 Å². The number of hydrogen-bond donors (Lipinski definition) is 1. The maximum absolute atomic E-state index is 12.1. The van der Waals surface area contributed by atoms with Gasteiger partial charge in [-0.05, 0) is 38.1 Å². The molecular formula is C18H28N4O3. The third-order valence-electron chi connectivity index (χ3n) is 4.49. The molecule has 7 nitrogen and oxygen atoms in total. The van der Waals surface area contributed by atoms with Crippen molar-refractivity contribution in [1.82, 2.24) is 9.80 Å². The van der Waals surface area contributed by atoms with Gasteiger partial charge in [-0.15, -0.1) is 0 Å². The van der Waals surface area contributed by atoms with Gasteiger partial charge in [-0.3, -0.25) is 9.69 Å². The predicted molar refractivity (Wildman–Crippen MR) is 99.1 cm³/mol. The van der Waals surface area contributed by atoms with Crippen molar-refractivity contribution in [1.29, 1.82) is 0 Å². The first kappa shape index (κ1) is 19.1. The van der Waals surface area contributed by atoms with Gasteiger partial charge in [0.25, 0.3) is 0 Å². The van der Waals surface area contributed by atoms with Crippen molar-refractivity contribution in [2.45, 2.75) is 13.8 Å².